The van der Waals surface area contributed by atoms with Crippen molar-refractivity contribution in [2.24, 2.45) is 0 Å². The molecule has 666 valence electrons. The largest absolute Gasteiger partial charge is 0.496 e. The third kappa shape index (κ3) is 17.5. The number of nitrogen functional groups attached to an aromatic ring is 2. The monoisotopic (exact) mass is 1720 g/mol. The number of methoxy groups -OCH3 is 1. The van der Waals surface area contributed by atoms with Gasteiger partial charge in [-0.05, 0) is 427 Å². The SMILES string of the molecule is CNc1cc2c(cc1[C@@H](C)n1cnc3cc4c(cc31)CCCC4)C[C@@H](O)CC2.COc1ccc(Cn2c(N)nc3cc4c(cc32)CCC4)cc1C.C[C@H](c1cc2c(cc1N)CC[C@H](O)C2)n1cnc2cc3c(cc21)CCCC3.C[C@H](c1ccc2c(c1)CCNC2)n1cnc2cc3c(cc21)CCCC3.C[C@H](c1ccc2c(c1)C[C@@H](O)CO2)n1cnc2cc3c(cc21)CCCC3. The summed E-state index contributed by atoms with van der Waals surface area (Å²) in [4.78, 5) is 23.4. The topological polar surface area (TPSA) is 244 Å². The number of benzene rings is 10. The summed E-state index contributed by atoms with van der Waals surface area (Å²) < 4.78 is 22.3. The second-order valence-corrected chi connectivity index (χ2v) is 38.4. The van der Waals surface area contributed by atoms with Crippen molar-refractivity contribution in [3.63, 3.8) is 0 Å². The van der Waals surface area contributed by atoms with E-state index in [0.29, 0.717) is 25.0 Å². The zero-order valence-corrected chi connectivity index (χ0v) is 76.3. The van der Waals surface area contributed by atoms with E-state index >= 15 is 0 Å². The molecule has 0 unspecified atom stereocenters. The number of nitrogens with zero attached hydrogens (tertiary/aromatic N) is 10. The number of aliphatic hydroxyl groups is 3. The first-order chi connectivity index (χ1) is 62.9. The zero-order valence-electron chi connectivity index (χ0n) is 76.3. The van der Waals surface area contributed by atoms with Crippen molar-refractivity contribution in [3.8, 4) is 11.5 Å². The van der Waals surface area contributed by atoms with E-state index in [1.807, 2.05) is 44.5 Å². The molecule has 0 fully saturated rings. The summed E-state index contributed by atoms with van der Waals surface area (Å²) in [7, 11) is 3.70. The molecule has 9 N–H and O–H groups in total. The Morgan fingerprint density at radius 1 is 0.419 bits per heavy atom. The van der Waals surface area contributed by atoms with Crippen LogP contribution in [0.3, 0.4) is 0 Å². The van der Waals surface area contributed by atoms with Gasteiger partial charge in [0, 0.05) is 31.4 Å². The average Bonchev–Trinajstić information content (AvgIpc) is 1.66. The molecule has 7 heterocycles. The fraction of sp³-hybridized carbons (Fsp3) is 0.409. The summed E-state index contributed by atoms with van der Waals surface area (Å²) in [6, 6.07) is 52.4. The molecule has 24 rings (SSSR count). The number of rotatable bonds is 12. The first-order valence-electron chi connectivity index (χ1n) is 48.1. The lowest BCUT2D eigenvalue weighted by Gasteiger charge is -2.26. The molecule has 7 aliphatic carbocycles. The summed E-state index contributed by atoms with van der Waals surface area (Å²) in [6.45, 7) is 14.2. The summed E-state index contributed by atoms with van der Waals surface area (Å²) >= 11 is 0. The first kappa shape index (κ1) is 85.5. The highest BCUT2D eigenvalue weighted by atomic mass is 16.5. The second-order valence-electron chi connectivity index (χ2n) is 38.4. The molecule has 0 spiro atoms. The molecule has 0 radical (unpaired) electrons. The summed E-state index contributed by atoms with van der Waals surface area (Å²) in [5.74, 6) is 2.39. The van der Waals surface area contributed by atoms with Crippen LogP contribution in [-0.2, 0) is 116 Å². The van der Waals surface area contributed by atoms with E-state index < -0.39 is 6.10 Å². The molecule has 0 saturated carbocycles. The zero-order chi connectivity index (χ0) is 88.2. The van der Waals surface area contributed by atoms with Crippen LogP contribution in [0, 0.1) is 6.92 Å². The Balaban J connectivity index is 0.000000101. The maximum absolute atomic E-state index is 10.1. The van der Waals surface area contributed by atoms with Crippen LogP contribution in [0.2, 0.25) is 0 Å². The predicted molar refractivity (Wildman–Crippen MR) is 520 cm³/mol. The number of imidazole rings is 5. The number of nitrogens with two attached hydrogens (primary N) is 2. The van der Waals surface area contributed by atoms with E-state index in [9.17, 15) is 15.3 Å². The third-order valence-corrected chi connectivity index (χ3v) is 30.0. The van der Waals surface area contributed by atoms with Crippen molar-refractivity contribution in [3.05, 3.63) is 293 Å². The van der Waals surface area contributed by atoms with Gasteiger partial charge in [-0.2, -0.15) is 0 Å². The minimum atomic E-state index is -0.409. The maximum atomic E-state index is 10.1. The number of aryl methyl sites for hydroxylation is 13. The molecular weight excluding hydrogens is 1600 g/mol. The van der Waals surface area contributed by atoms with Crippen LogP contribution >= 0.6 is 0 Å². The van der Waals surface area contributed by atoms with Crippen LogP contribution in [0.25, 0.3) is 55.2 Å². The lowest BCUT2D eigenvalue weighted by Crippen LogP contribution is -2.25. The van der Waals surface area contributed by atoms with E-state index in [0.717, 1.165) is 144 Å². The van der Waals surface area contributed by atoms with Crippen molar-refractivity contribution in [1.29, 1.82) is 0 Å². The van der Waals surface area contributed by atoms with E-state index in [2.05, 4.69) is 210 Å². The van der Waals surface area contributed by atoms with Crippen molar-refractivity contribution >= 4 is 72.5 Å². The Kier molecular flexibility index (Phi) is 24.3. The number of fused-ring (bicyclic) bond motifs is 14. The highest BCUT2D eigenvalue weighted by Crippen LogP contribution is 2.41. The number of anilines is 3. The summed E-state index contributed by atoms with van der Waals surface area (Å²) in [5, 5.41) is 36.9. The van der Waals surface area contributed by atoms with Crippen LogP contribution < -0.4 is 31.6 Å². The van der Waals surface area contributed by atoms with E-state index in [1.165, 1.54) is 248 Å². The van der Waals surface area contributed by atoms with Gasteiger partial charge in [-0.3, -0.25) is 0 Å². The van der Waals surface area contributed by atoms with Crippen molar-refractivity contribution in [2.45, 2.75) is 264 Å². The van der Waals surface area contributed by atoms with Crippen LogP contribution in [-0.4, -0.2) is 109 Å². The molecule has 7 atom stereocenters. The van der Waals surface area contributed by atoms with Gasteiger partial charge in [0.15, 0.2) is 0 Å². The van der Waals surface area contributed by atoms with Crippen molar-refractivity contribution < 1.29 is 24.8 Å². The molecule has 0 saturated heterocycles. The molecule has 0 amide bonds. The molecule has 129 heavy (non-hydrogen) atoms. The molecule has 19 nitrogen and oxygen atoms in total. The van der Waals surface area contributed by atoms with Gasteiger partial charge in [-0.15, -0.1) is 0 Å². The Morgan fingerprint density at radius 2 is 0.837 bits per heavy atom. The molecule has 0 bridgehead atoms. The Labute approximate surface area is 757 Å². The molecule has 19 heteroatoms. The number of hydrogen-bond donors (Lipinski definition) is 7. The van der Waals surface area contributed by atoms with E-state index in [4.69, 9.17) is 30.9 Å². The van der Waals surface area contributed by atoms with E-state index in [-0.39, 0.29) is 30.3 Å². The lowest BCUT2D eigenvalue weighted by molar-refractivity contribution is 0.0920. The third-order valence-electron chi connectivity index (χ3n) is 30.0. The Bertz CT molecular complexity index is 6720. The van der Waals surface area contributed by atoms with Gasteiger partial charge in [0.2, 0.25) is 5.95 Å². The first-order valence-corrected chi connectivity index (χ1v) is 48.1. The van der Waals surface area contributed by atoms with E-state index in [1.54, 1.807) is 7.11 Å². The minimum Gasteiger partial charge on any atom is -0.496 e. The summed E-state index contributed by atoms with van der Waals surface area (Å²) in [6.07, 6.45) is 37.4. The Morgan fingerprint density at radius 3 is 1.33 bits per heavy atom. The average molecular weight is 1720 g/mol. The molecule has 5 aromatic heterocycles. The standard InChI is InChI=1S/C24H29N3O.C23H27N3O.C22H25N3.C22H24N2O2.C19H21N3O/c1-15(21-10-19-9-20(28)8-7-18(19)11-22(21)25-2)27-14-26-23-12-16-5-3-4-6-17(16)13-24(23)27;1-14(20-9-18-8-19(27)7-6-17(18)10-21(20)24)26-13-25-22-11-15-4-2-3-5-16(15)12-23(22)26;1-15(16-6-7-20-13-23-9-8-19(20)10-16)25-14-24-21-11-17-4-2-3-5-18(17)12-22(21)25;1-14(15-6-7-22-18(8-15)9-19(25)12-26-22)24-13-23-20-10-16-4-2-3-5-17(16)11-21(20)24;1-12-8-13(6-7-18(12)23-2)11-22-17-10-15-5-3-4-14(15)9-16(17)21-19(22)20/h10-15,20,25,28H,3-9H2,1-2H3;9-14,19,27H,2-8,24H2,1H3;6-7,10-12,14-15,23H,2-5,8-9,13H2,1H3;6-8,10-11,13-14,19,25H,2-5,9,12H2,1H3;6-10H,3-5,11H2,1-2H3,(H2,20,21)/t15-,20+;14-,19+;15-;14-,19-;/m1111./s1. The number of aliphatic hydroxyl groups excluding tert-OH is 3. The van der Waals surface area contributed by atoms with Crippen LogP contribution in [0.5, 0.6) is 11.5 Å². The number of nitrogens with one attached hydrogen (secondary N) is 2. The van der Waals surface area contributed by atoms with Gasteiger partial charge < -0.3 is 69.7 Å². The van der Waals surface area contributed by atoms with Gasteiger partial charge >= 0.3 is 0 Å². The second kappa shape index (κ2) is 36.7. The van der Waals surface area contributed by atoms with Crippen LogP contribution in [0.15, 0.2) is 165 Å². The molecule has 2 aliphatic heterocycles. The fourth-order valence-electron chi connectivity index (χ4n) is 22.5. The van der Waals surface area contributed by atoms with Gasteiger partial charge in [0.25, 0.3) is 0 Å². The van der Waals surface area contributed by atoms with Gasteiger partial charge in [-0.25, -0.2) is 24.9 Å². The highest BCUT2D eigenvalue weighted by molar-refractivity contribution is 5.83. The maximum Gasteiger partial charge on any atom is 0.201 e. The highest BCUT2D eigenvalue weighted by Gasteiger charge is 2.29. The van der Waals surface area contributed by atoms with Crippen molar-refractivity contribution in [2.75, 3.05) is 44.1 Å². The molecule has 10 aromatic carbocycles. The fourth-order valence-corrected chi connectivity index (χ4v) is 22.5. The normalized spacial score (nSPS) is 18.5. The smallest absolute Gasteiger partial charge is 0.201 e. The van der Waals surface area contributed by atoms with Gasteiger partial charge in [0.1, 0.15) is 18.1 Å². The number of hydrogen-bond acceptors (Lipinski definition) is 14. The minimum absolute atomic E-state index is 0.112. The summed E-state index contributed by atoms with van der Waals surface area (Å²) in [5.41, 5.74) is 57.5. The van der Waals surface area contributed by atoms with Crippen LogP contribution in [0.4, 0.5) is 17.3 Å². The molecule has 15 aromatic rings. The molecule has 9 aliphatic rings. The number of ether oxygens (including phenoxy) is 2. The van der Waals surface area contributed by atoms with Gasteiger partial charge in [-0.1, -0.05) is 48.5 Å². The van der Waals surface area contributed by atoms with Crippen LogP contribution in [0.1, 0.15) is 250 Å². The molecular formula is C110H126N14O5. The quantitative estimate of drug-likeness (QED) is 0.0563. The Hall–Kier alpha value is -11.6. The van der Waals surface area contributed by atoms with Crippen molar-refractivity contribution in [1.82, 2.24) is 53.1 Å². The lowest BCUT2D eigenvalue weighted by atomic mass is 9.86. The number of aromatic nitrogens is 10. The van der Waals surface area contributed by atoms with Gasteiger partial charge in [0.05, 0.1) is 137 Å². The predicted octanol–water partition coefficient (Wildman–Crippen LogP) is 19.8.